The summed E-state index contributed by atoms with van der Waals surface area (Å²) in [6.45, 7) is 0.124. The van der Waals surface area contributed by atoms with Gasteiger partial charge in [-0.05, 0) is 53.6 Å². The van der Waals surface area contributed by atoms with Crippen molar-refractivity contribution >= 4 is 28.8 Å². The van der Waals surface area contributed by atoms with Crippen LogP contribution in [0.2, 0.25) is 5.02 Å². The molecule has 1 aliphatic heterocycles. The number of hydrogen-bond donors (Lipinski definition) is 2. The topological polar surface area (TPSA) is 83.8 Å². The Morgan fingerprint density at radius 3 is 2.66 bits per heavy atom. The van der Waals surface area contributed by atoms with Gasteiger partial charge in [-0.15, -0.1) is 0 Å². The predicted molar refractivity (Wildman–Crippen MR) is 134 cm³/mol. The molecule has 0 bridgehead atoms. The molecule has 1 amide bonds. The molecule has 1 aromatic heterocycles. The number of methoxy groups -OCH3 is 1. The third-order valence-corrected chi connectivity index (χ3v) is 6.18. The molecule has 6 nitrogen and oxygen atoms in total. The second kappa shape index (κ2) is 11.4. The Labute approximate surface area is 208 Å². The molecule has 8 heteroatoms. The van der Waals surface area contributed by atoms with Crippen molar-refractivity contribution in [3.05, 3.63) is 106 Å². The smallest absolute Gasteiger partial charge is 0.252 e. The van der Waals surface area contributed by atoms with Gasteiger partial charge in [-0.1, -0.05) is 35.9 Å². The Hall–Kier alpha value is -3.39. The molecule has 0 fully saturated rings. The zero-order chi connectivity index (χ0) is 24.8. The molecular weight excluding hydrogens is 469 g/mol. The number of benzene rings is 2. The fourth-order valence-corrected chi connectivity index (χ4v) is 4.29. The van der Waals surface area contributed by atoms with E-state index in [1.165, 1.54) is 19.2 Å². The Morgan fingerprint density at radius 2 is 1.97 bits per heavy atom. The van der Waals surface area contributed by atoms with Gasteiger partial charge in [0.2, 0.25) is 0 Å². The summed E-state index contributed by atoms with van der Waals surface area (Å²) in [6.07, 6.45) is 3.28. The predicted octanol–water partition coefficient (Wildman–Crippen LogP) is 4.11. The van der Waals surface area contributed by atoms with Crippen LogP contribution in [0, 0.1) is 5.82 Å². The third-order valence-electron chi connectivity index (χ3n) is 5.86. The molecular formula is C27H25ClFN3O3. The largest absolute Gasteiger partial charge is 0.394 e. The van der Waals surface area contributed by atoms with E-state index in [0.717, 1.165) is 16.8 Å². The van der Waals surface area contributed by atoms with Crippen molar-refractivity contribution in [3.63, 3.8) is 0 Å². The van der Waals surface area contributed by atoms with Crippen molar-refractivity contribution in [2.24, 2.45) is 4.99 Å². The lowest BCUT2D eigenvalue weighted by molar-refractivity contribution is 0.0214. The first-order chi connectivity index (χ1) is 17.0. The molecule has 0 aliphatic carbocycles. The van der Waals surface area contributed by atoms with Crippen LogP contribution in [0.4, 0.5) is 4.39 Å². The number of rotatable bonds is 9. The fraction of sp³-hybridized carbons (Fsp3) is 0.222. The average Bonchev–Trinajstić information content (AvgIpc) is 3.35. The summed E-state index contributed by atoms with van der Waals surface area (Å²) in [5.41, 5.74) is 3.95. The van der Waals surface area contributed by atoms with E-state index in [0.29, 0.717) is 34.8 Å². The minimum absolute atomic E-state index is 0.271. The van der Waals surface area contributed by atoms with Crippen molar-refractivity contribution in [1.29, 1.82) is 0 Å². The summed E-state index contributed by atoms with van der Waals surface area (Å²) in [7, 11) is 1.48. The van der Waals surface area contributed by atoms with Crippen LogP contribution in [0.15, 0.2) is 77.9 Å². The van der Waals surface area contributed by atoms with E-state index in [9.17, 15) is 14.3 Å². The average molecular weight is 494 g/mol. The number of ether oxygens (including phenoxy) is 1. The maximum atomic E-state index is 13.5. The van der Waals surface area contributed by atoms with Gasteiger partial charge in [-0.3, -0.25) is 14.8 Å². The van der Waals surface area contributed by atoms with Crippen LogP contribution in [0.25, 0.3) is 5.57 Å². The third kappa shape index (κ3) is 5.82. The van der Waals surface area contributed by atoms with Gasteiger partial charge >= 0.3 is 0 Å². The first kappa shape index (κ1) is 24.7. The highest BCUT2D eigenvalue weighted by atomic mass is 35.5. The van der Waals surface area contributed by atoms with Gasteiger partial charge in [0.15, 0.2) is 0 Å². The summed E-state index contributed by atoms with van der Waals surface area (Å²) < 4.78 is 18.7. The number of amides is 1. The maximum Gasteiger partial charge on any atom is 0.252 e. The molecule has 35 heavy (non-hydrogen) atoms. The van der Waals surface area contributed by atoms with E-state index in [4.69, 9.17) is 16.3 Å². The molecule has 1 aliphatic rings. The molecule has 2 N–H and O–H groups in total. The SMILES string of the molecule is CO[C@H](CO)[C@@H](Cc1ccccn1)NC(=O)c1cccc(Cl)c1C1=NCC(c2ccc(F)cc2)=C1. The molecule has 2 heterocycles. The minimum atomic E-state index is -0.627. The van der Waals surface area contributed by atoms with Crippen LogP contribution in [0.5, 0.6) is 0 Å². The Bertz CT molecular complexity index is 1240. The monoisotopic (exact) mass is 493 g/mol. The van der Waals surface area contributed by atoms with Crippen molar-refractivity contribution in [3.8, 4) is 0 Å². The van der Waals surface area contributed by atoms with E-state index < -0.39 is 12.1 Å². The van der Waals surface area contributed by atoms with Gasteiger partial charge in [0.1, 0.15) is 11.9 Å². The number of aliphatic hydroxyl groups excluding tert-OH is 1. The molecule has 0 saturated heterocycles. The van der Waals surface area contributed by atoms with Crippen molar-refractivity contribution in [2.75, 3.05) is 20.3 Å². The van der Waals surface area contributed by atoms with Crippen LogP contribution in [0.1, 0.15) is 27.2 Å². The highest BCUT2D eigenvalue weighted by Gasteiger charge is 2.27. The van der Waals surface area contributed by atoms with Crippen LogP contribution >= 0.6 is 11.6 Å². The lowest BCUT2D eigenvalue weighted by Crippen LogP contribution is -2.47. The molecule has 4 rings (SSSR count). The molecule has 0 unspecified atom stereocenters. The van der Waals surface area contributed by atoms with Gasteiger partial charge in [-0.2, -0.15) is 0 Å². The highest BCUT2D eigenvalue weighted by molar-refractivity contribution is 6.37. The highest BCUT2D eigenvalue weighted by Crippen LogP contribution is 2.28. The van der Waals surface area contributed by atoms with E-state index in [1.54, 1.807) is 36.5 Å². The van der Waals surface area contributed by atoms with Crippen molar-refractivity contribution < 1.29 is 19.0 Å². The number of allylic oxidation sites excluding steroid dienone is 1. The Kier molecular flexibility index (Phi) is 8.02. The first-order valence-electron chi connectivity index (χ1n) is 11.1. The van der Waals surface area contributed by atoms with Gasteiger partial charge in [0.25, 0.3) is 5.91 Å². The van der Waals surface area contributed by atoms with Gasteiger partial charge < -0.3 is 15.2 Å². The summed E-state index contributed by atoms with van der Waals surface area (Å²) in [5, 5.41) is 13.2. The number of nitrogens with one attached hydrogen (secondary N) is 1. The molecule has 0 spiro atoms. The molecule has 0 saturated carbocycles. The molecule has 0 radical (unpaired) electrons. The van der Waals surface area contributed by atoms with E-state index in [-0.39, 0.29) is 18.3 Å². The second-order valence-electron chi connectivity index (χ2n) is 8.10. The Morgan fingerprint density at radius 1 is 1.17 bits per heavy atom. The zero-order valence-electron chi connectivity index (χ0n) is 19.1. The van der Waals surface area contributed by atoms with Crippen LogP contribution in [0.3, 0.4) is 0 Å². The number of carbonyl (C=O) groups is 1. The second-order valence-corrected chi connectivity index (χ2v) is 8.51. The summed E-state index contributed by atoms with van der Waals surface area (Å²) >= 11 is 6.54. The fourth-order valence-electron chi connectivity index (χ4n) is 4.02. The number of hydrogen-bond acceptors (Lipinski definition) is 5. The maximum absolute atomic E-state index is 13.5. The summed E-state index contributed by atoms with van der Waals surface area (Å²) in [5.74, 6) is -0.679. The summed E-state index contributed by atoms with van der Waals surface area (Å²) in [6, 6.07) is 16.3. The van der Waals surface area contributed by atoms with Gasteiger partial charge in [0, 0.05) is 31.0 Å². The van der Waals surface area contributed by atoms with Gasteiger partial charge in [-0.25, -0.2) is 4.39 Å². The molecule has 2 aromatic carbocycles. The number of aliphatic imine (C=N–C) groups is 1. The van der Waals surface area contributed by atoms with E-state index in [1.807, 2.05) is 24.3 Å². The quantitative estimate of drug-likeness (QED) is 0.470. The zero-order valence-corrected chi connectivity index (χ0v) is 19.9. The number of carbonyl (C=O) groups excluding carboxylic acids is 1. The molecule has 3 aromatic rings. The van der Waals surface area contributed by atoms with Gasteiger partial charge in [0.05, 0.1) is 35.5 Å². The first-order valence-corrected chi connectivity index (χ1v) is 11.5. The number of nitrogens with zero attached hydrogens (tertiary/aromatic N) is 2. The van der Waals surface area contributed by atoms with Crippen LogP contribution < -0.4 is 5.32 Å². The van der Waals surface area contributed by atoms with E-state index >= 15 is 0 Å². The minimum Gasteiger partial charge on any atom is -0.394 e. The molecule has 180 valence electrons. The number of halogens is 2. The number of aliphatic hydroxyl groups is 1. The van der Waals surface area contributed by atoms with Crippen LogP contribution in [-0.4, -0.2) is 54.1 Å². The van der Waals surface area contributed by atoms with Crippen molar-refractivity contribution in [1.82, 2.24) is 10.3 Å². The lowest BCUT2D eigenvalue weighted by atomic mass is 9.98. The van der Waals surface area contributed by atoms with Crippen molar-refractivity contribution in [2.45, 2.75) is 18.6 Å². The molecule has 2 atom stereocenters. The number of pyridine rings is 1. The normalized spacial score (nSPS) is 14.7. The lowest BCUT2D eigenvalue weighted by Gasteiger charge is -2.26. The number of aromatic nitrogens is 1. The van der Waals surface area contributed by atoms with E-state index in [2.05, 4.69) is 15.3 Å². The standard InChI is InChI=1S/C27H25ClFN3O3/c1-35-25(16-33)23(14-20-5-2-3-12-30-20)32-27(34)21-6-4-7-22(28)26(21)24-13-18(15-31-24)17-8-10-19(29)11-9-17/h2-13,23,25,33H,14-16H2,1H3,(H,32,34)/t23-,25-/m1/s1. The Balaban J connectivity index is 1.62. The summed E-state index contributed by atoms with van der Waals surface area (Å²) in [4.78, 5) is 22.4. The van der Waals surface area contributed by atoms with Crippen LogP contribution in [-0.2, 0) is 11.2 Å².